The minimum absolute atomic E-state index is 0.0246. The molecule has 0 bridgehead atoms. The van der Waals surface area contributed by atoms with Crippen molar-refractivity contribution in [1.82, 2.24) is 9.36 Å². The van der Waals surface area contributed by atoms with Gasteiger partial charge in [-0.1, -0.05) is 20.8 Å². The summed E-state index contributed by atoms with van der Waals surface area (Å²) in [4.78, 5) is 6.67. The average Bonchev–Trinajstić information content (AvgIpc) is 2.61. The molecule has 0 radical (unpaired) electrons. The minimum Gasteiger partial charge on any atom is -0.350 e. The van der Waals surface area contributed by atoms with E-state index in [0.29, 0.717) is 0 Å². The van der Waals surface area contributed by atoms with E-state index in [0.717, 1.165) is 23.9 Å². The summed E-state index contributed by atoms with van der Waals surface area (Å²) in [6, 6.07) is 0.234. The van der Waals surface area contributed by atoms with E-state index >= 15 is 0 Å². The summed E-state index contributed by atoms with van der Waals surface area (Å²) in [5, 5.41) is 0.977. The van der Waals surface area contributed by atoms with Gasteiger partial charge in [-0.25, -0.2) is 4.98 Å². The fourth-order valence-corrected chi connectivity index (χ4v) is 2.01. The lowest BCUT2D eigenvalue weighted by Gasteiger charge is -2.17. The Hall–Kier alpha value is -0.680. The molecule has 0 aliphatic rings. The summed E-state index contributed by atoms with van der Waals surface area (Å²) in [6.07, 6.45) is 0.973. The minimum atomic E-state index is 0.0246. The van der Waals surface area contributed by atoms with Gasteiger partial charge < -0.3 is 10.6 Å². The van der Waals surface area contributed by atoms with Crippen molar-refractivity contribution in [2.45, 2.75) is 45.6 Å². The predicted molar refractivity (Wildman–Crippen MR) is 70.1 cm³/mol. The number of hydrogen-bond donors (Lipinski definition) is 1. The first-order chi connectivity index (χ1) is 7.30. The van der Waals surface area contributed by atoms with Crippen LogP contribution in [0.4, 0.5) is 5.13 Å². The first kappa shape index (κ1) is 13.4. The van der Waals surface area contributed by atoms with Gasteiger partial charge in [0.05, 0.1) is 0 Å². The van der Waals surface area contributed by atoms with E-state index in [2.05, 4.69) is 35.0 Å². The highest BCUT2D eigenvalue weighted by Crippen LogP contribution is 2.24. The van der Waals surface area contributed by atoms with Crippen molar-refractivity contribution in [3.8, 4) is 0 Å². The molecular weight excluding hydrogens is 220 g/mol. The molecule has 1 rings (SSSR count). The molecule has 0 fully saturated rings. The second kappa shape index (κ2) is 5.10. The van der Waals surface area contributed by atoms with Gasteiger partial charge in [-0.15, -0.1) is 0 Å². The van der Waals surface area contributed by atoms with Crippen LogP contribution in [-0.2, 0) is 5.41 Å². The van der Waals surface area contributed by atoms with E-state index in [9.17, 15) is 0 Å². The van der Waals surface area contributed by atoms with Crippen LogP contribution in [-0.4, -0.2) is 29.0 Å². The molecule has 1 aromatic rings. The number of anilines is 1. The lowest BCUT2D eigenvalue weighted by molar-refractivity contribution is 0.554. The molecule has 4 nitrogen and oxygen atoms in total. The molecule has 2 N–H and O–H groups in total. The van der Waals surface area contributed by atoms with E-state index in [4.69, 9.17) is 5.73 Å². The lowest BCUT2D eigenvalue weighted by Crippen LogP contribution is -2.25. The van der Waals surface area contributed by atoms with Gasteiger partial charge in [-0.2, -0.15) is 4.37 Å². The normalized spacial score (nSPS) is 13.9. The molecule has 0 aliphatic carbocycles. The Bertz CT molecular complexity index is 327. The van der Waals surface area contributed by atoms with Crippen LogP contribution >= 0.6 is 11.5 Å². The largest absolute Gasteiger partial charge is 0.350 e. The second-order valence-corrected chi connectivity index (χ2v) is 6.07. The Kier molecular flexibility index (Phi) is 4.27. The second-order valence-electron chi connectivity index (χ2n) is 5.34. The molecule has 0 aliphatic heterocycles. The molecule has 5 heteroatoms. The first-order valence-electron chi connectivity index (χ1n) is 5.61. The molecule has 0 aromatic carbocycles. The van der Waals surface area contributed by atoms with E-state index in [1.54, 1.807) is 0 Å². The number of nitrogens with zero attached hydrogens (tertiary/aromatic N) is 3. The zero-order valence-electron chi connectivity index (χ0n) is 10.8. The highest BCUT2D eigenvalue weighted by Gasteiger charge is 2.20. The van der Waals surface area contributed by atoms with E-state index in [-0.39, 0.29) is 11.5 Å². The third-order valence-corrected chi connectivity index (χ3v) is 3.16. The molecule has 0 saturated carbocycles. The summed E-state index contributed by atoms with van der Waals surface area (Å²) in [6.45, 7) is 9.33. The first-order valence-corrected chi connectivity index (χ1v) is 6.39. The number of nitrogens with two attached hydrogens (primary N) is 1. The van der Waals surface area contributed by atoms with Gasteiger partial charge in [-0.3, -0.25) is 0 Å². The van der Waals surface area contributed by atoms with Gasteiger partial charge >= 0.3 is 0 Å². The Morgan fingerprint density at radius 3 is 2.50 bits per heavy atom. The molecular formula is C11H22N4S. The van der Waals surface area contributed by atoms with Crippen molar-refractivity contribution in [1.29, 1.82) is 0 Å². The topological polar surface area (TPSA) is 55.0 Å². The molecule has 1 heterocycles. The van der Waals surface area contributed by atoms with Crippen LogP contribution < -0.4 is 10.6 Å². The van der Waals surface area contributed by atoms with E-state index < -0.39 is 0 Å². The zero-order chi connectivity index (χ0) is 12.3. The predicted octanol–water partition coefficient (Wildman–Crippen LogP) is 2.01. The lowest BCUT2D eigenvalue weighted by atomic mass is 9.96. The quantitative estimate of drug-likeness (QED) is 0.877. The highest BCUT2D eigenvalue weighted by molar-refractivity contribution is 7.09. The molecule has 0 saturated heterocycles. The maximum absolute atomic E-state index is 5.73. The van der Waals surface area contributed by atoms with Crippen molar-refractivity contribution in [2.24, 2.45) is 5.73 Å². The summed E-state index contributed by atoms with van der Waals surface area (Å²) in [7, 11) is 2.04. The third kappa shape index (κ3) is 3.72. The van der Waals surface area contributed by atoms with Crippen LogP contribution in [0.1, 0.15) is 39.9 Å². The van der Waals surface area contributed by atoms with Crippen LogP contribution in [0, 0.1) is 0 Å². The van der Waals surface area contributed by atoms with Crippen molar-refractivity contribution >= 4 is 16.7 Å². The molecule has 92 valence electrons. The Morgan fingerprint density at radius 2 is 2.06 bits per heavy atom. The summed E-state index contributed by atoms with van der Waals surface area (Å²) in [5.74, 6) is 0.917. The van der Waals surface area contributed by atoms with Gasteiger partial charge in [0.1, 0.15) is 5.82 Å². The number of hydrogen-bond acceptors (Lipinski definition) is 5. The molecule has 1 atom stereocenters. The fraction of sp³-hybridized carbons (Fsp3) is 0.818. The van der Waals surface area contributed by atoms with Gasteiger partial charge in [0.2, 0.25) is 5.13 Å². The standard InChI is InChI=1S/C11H22N4S/c1-8(12)6-7-15(5)10-13-9(14-16-10)11(2,3)4/h8H,6-7,12H2,1-5H3. The van der Waals surface area contributed by atoms with Gasteiger partial charge in [0.15, 0.2) is 0 Å². The van der Waals surface area contributed by atoms with Gasteiger partial charge in [0.25, 0.3) is 0 Å². The summed E-state index contributed by atoms with van der Waals surface area (Å²) < 4.78 is 4.39. The van der Waals surface area contributed by atoms with E-state index in [1.807, 2.05) is 14.0 Å². The van der Waals surface area contributed by atoms with Crippen LogP contribution in [0.2, 0.25) is 0 Å². The van der Waals surface area contributed by atoms with Crippen LogP contribution in [0.15, 0.2) is 0 Å². The maximum atomic E-state index is 5.73. The molecule has 1 unspecified atom stereocenters. The van der Waals surface area contributed by atoms with Crippen molar-refractivity contribution in [3.05, 3.63) is 5.82 Å². The maximum Gasteiger partial charge on any atom is 0.204 e. The van der Waals surface area contributed by atoms with E-state index in [1.165, 1.54) is 11.5 Å². The van der Waals surface area contributed by atoms with Crippen molar-refractivity contribution in [2.75, 3.05) is 18.5 Å². The third-order valence-electron chi connectivity index (χ3n) is 2.33. The van der Waals surface area contributed by atoms with Crippen LogP contribution in [0.5, 0.6) is 0 Å². The summed E-state index contributed by atoms with van der Waals surface area (Å²) in [5.41, 5.74) is 5.76. The van der Waals surface area contributed by atoms with Gasteiger partial charge in [0, 0.05) is 36.6 Å². The SMILES string of the molecule is CC(N)CCN(C)c1nc(C(C)(C)C)ns1. The molecule has 1 aromatic heterocycles. The molecule has 0 amide bonds. The average molecular weight is 242 g/mol. The Balaban J connectivity index is 2.63. The Morgan fingerprint density at radius 1 is 1.44 bits per heavy atom. The van der Waals surface area contributed by atoms with Crippen LogP contribution in [0.3, 0.4) is 0 Å². The molecule has 16 heavy (non-hydrogen) atoms. The zero-order valence-corrected chi connectivity index (χ0v) is 11.6. The number of rotatable bonds is 4. The summed E-state index contributed by atoms with van der Waals surface area (Å²) >= 11 is 1.46. The smallest absolute Gasteiger partial charge is 0.204 e. The van der Waals surface area contributed by atoms with Crippen LogP contribution in [0.25, 0.3) is 0 Å². The number of aromatic nitrogens is 2. The monoisotopic (exact) mass is 242 g/mol. The van der Waals surface area contributed by atoms with Crippen molar-refractivity contribution < 1.29 is 0 Å². The van der Waals surface area contributed by atoms with Gasteiger partial charge in [-0.05, 0) is 13.3 Å². The fourth-order valence-electron chi connectivity index (χ4n) is 1.17. The van der Waals surface area contributed by atoms with Crippen molar-refractivity contribution in [3.63, 3.8) is 0 Å². The Labute approximate surface area is 102 Å². The highest BCUT2D eigenvalue weighted by atomic mass is 32.1. The molecule has 0 spiro atoms.